The smallest absolute Gasteiger partial charge is 0.317 e. The number of nitrogens with one attached hydrogen (secondary N) is 1. The van der Waals surface area contributed by atoms with Crippen molar-refractivity contribution < 1.29 is 13.9 Å². The molecular formula is C15H21FN2O2S. The first-order valence-electron chi connectivity index (χ1n) is 7.12. The molecule has 0 bridgehead atoms. The van der Waals surface area contributed by atoms with Crippen LogP contribution in [-0.2, 0) is 6.54 Å². The summed E-state index contributed by atoms with van der Waals surface area (Å²) in [6.07, 6.45) is -0.0676. The molecule has 1 aromatic carbocycles. The predicted molar refractivity (Wildman–Crippen MR) is 83.3 cm³/mol. The molecule has 1 N–H and O–H groups in total. The SMILES string of the molecule is CC(C)Oc1ccc(CNC(=O)N2CCSCC2)cc1F. The zero-order valence-corrected chi connectivity index (χ0v) is 13.2. The van der Waals surface area contributed by atoms with E-state index < -0.39 is 5.82 Å². The van der Waals surface area contributed by atoms with Crippen molar-refractivity contribution in [1.82, 2.24) is 10.2 Å². The Morgan fingerprint density at radius 2 is 2.14 bits per heavy atom. The van der Waals surface area contributed by atoms with Gasteiger partial charge in [-0.1, -0.05) is 6.07 Å². The molecule has 1 heterocycles. The van der Waals surface area contributed by atoms with Crippen molar-refractivity contribution >= 4 is 17.8 Å². The van der Waals surface area contributed by atoms with Crippen molar-refractivity contribution in [2.24, 2.45) is 0 Å². The average molecular weight is 312 g/mol. The Morgan fingerprint density at radius 1 is 1.43 bits per heavy atom. The summed E-state index contributed by atoms with van der Waals surface area (Å²) in [5.41, 5.74) is 0.725. The van der Waals surface area contributed by atoms with E-state index >= 15 is 0 Å². The molecule has 0 radical (unpaired) electrons. The summed E-state index contributed by atoms with van der Waals surface area (Å²) in [5.74, 6) is 1.80. The summed E-state index contributed by atoms with van der Waals surface area (Å²) in [6, 6.07) is 4.70. The Hall–Kier alpha value is -1.43. The fraction of sp³-hybridized carbons (Fsp3) is 0.533. The lowest BCUT2D eigenvalue weighted by molar-refractivity contribution is 0.202. The molecular weight excluding hydrogens is 291 g/mol. The predicted octanol–water partition coefficient (Wildman–Crippen LogP) is 2.87. The van der Waals surface area contributed by atoms with Crippen molar-refractivity contribution in [2.45, 2.75) is 26.5 Å². The molecule has 0 atom stereocenters. The molecule has 0 aromatic heterocycles. The first-order chi connectivity index (χ1) is 10.1. The number of rotatable bonds is 4. The third-order valence-corrected chi connectivity index (χ3v) is 4.04. The van der Waals surface area contributed by atoms with Gasteiger partial charge in [0.2, 0.25) is 0 Å². The van der Waals surface area contributed by atoms with E-state index in [2.05, 4.69) is 5.32 Å². The summed E-state index contributed by atoms with van der Waals surface area (Å²) < 4.78 is 19.2. The Balaban J connectivity index is 1.88. The standard InChI is InChI=1S/C15H21FN2O2S/c1-11(2)20-14-4-3-12(9-13(14)16)10-17-15(19)18-5-7-21-8-6-18/h3-4,9,11H,5-8,10H2,1-2H3,(H,17,19). The van der Waals surface area contributed by atoms with E-state index in [1.807, 2.05) is 25.6 Å². The van der Waals surface area contributed by atoms with Gasteiger partial charge in [0, 0.05) is 31.1 Å². The van der Waals surface area contributed by atoms with Gasteiger partial charge in [0.15, 0.2) is 11.6 Å². The number of thioether (sulfide) groups is 1. The Labute approximate surface area is 129 Å². The lowest BCUT2D eigenvalue weighted by Crippen LogP contribution is -2.44. The molecule has 4 nitrogen and oxygen atoms in total. The molecule has 116 valence electrons. The molecule has 6 heteroatoms. The zero-order valence-electron chi connectivity index (χ0n) is 12.4. The maximum absolute atomic E-state index is 13.8. The van der Waals surface area contributed by atoms with E-state index in [1.54, 1.807) is 17.0 Å². The number of benzene rings is 1. The number of nitrogens with zero attached hydrogens (tertiary/aromatic N) is 1. The number of hydrogen-bond donors (Lipinski definition) is 1. The van der Waals surface area contributed by atoms with Gasteiger partial charge in [-0.05, 0) is 31.5 Å². The number of carbonyl (C=O) groups is 1. The maximum Gasteiger partial charge on any atom is 0.317 e. The normalized spacial score (nSPS) is 15.1. The topological polar surface area (TPSA) is 41.6 Å². The Kier molecular flexibility index (Phi) is 5.73. The van der Waals surface area contributed by atoms with E-state index in [0.29, 0.717) is 6.54 Å². The van der Waals surface area contributed by atoms with Crippen LogP contribution >= 0.6 is 11.8 Å². The summed E-state index contributed by atoms with van der Waals surface area (Å²) >= 11 is 1.85. The molecule has 0 unspecified atom stereocenters. The van der Waals surface area contributed by atoms with Crippen LogP contribution in [0.3, 0.4) is 0 Å². The summed E-state index contributed by atoms with van der Waals surface area (Å²) in [5, 5.41) is 2.83. The van der Waals surface area contributed by atoms with Crippen LogP contribution in [0.4, 0.5) is 9.18 Å². The van der Waals surface area contributed by atoms with Gasteiger partial charge >= 0.3 is 6.03 Å². The van der Waals surface area contributed by atoms with Crippen LogP contribution in [0.5, 0.6) is 5.75 Å². The highest BCUT2D eigenvalue weighted by Gasteiger charge is 2.16. The molecule has 21 heavy (non-hydrogen) atoms. The molecule has 2 rings (SSSR count). The maximum atomic E-state index is 13.8. The molecule has 1 aliphatic rings. The third kappa shape index (κ3) is 4.81. The van der Waals surface area contributed by atoms with Crippen LogP contribution in [0, 0.1) is 5.82 Å². The monoisotopic (exact) mass is 312 g/mol. The minimum absolute atomic E-state index is 0.0676. The highest BCUT2D eigenvalue weighted by Crippen LogP contribution is 2.19. The van der Waals surface area contributed by atoms with E-state index in [-0.39, 0.29) is 17.9 Å². The molecule has 0 spiro atoms. The lowest BCUT2D eigenvalue weighted by Gasteiger charge is -2.26. The van der Waals surface area contributed by atoms with Crippen molar-refractivity contribution in [2.75, 3.05) is 24.6 Å². The van der Waals surface area contributed by atoms with Gasteiger partial charge in [0.05, 0.1) is 6.10 Å². The number of halogens is 1. The van der Waals surface area contributed by atoms with Gasteiger partial charge in [-0.15, -0.1) is 0 Å². The van der Waals surface area contributed by atoms with E-state index in [9.17, 15) is 9.18 Å². The first-order valence-corrected chi connectivity index (χ1v) is 8.27. The van der Waals surface area contributed by atoms with E-state index in [4.69, 9.17) is 4.74 Å². The fourth-order valence-electron chi connectivity index (χ4n) is 2.06. The van der Waals surface area contributed by atoms with Gasteiger partial charge in [0.25, 0.3) is 0 Å². The van der Waals surface area contributed by atoms with Crippen molar-refractivity contribution in [3.05, 3.63) is 29.6 Å². The molecule has 0 saturated carbocycles. The fourth-order valence-corrected chi connectivity index (χ4v) is 2.96. The zero-order chi connectivity index (χ0) is 15.2. The third-order valence-electron chi connectivity index (χ3n) is 3.10. The van der Waals surface area contributed by atoms with Crippen LogP contribution in [0.15, 0.2) is 18.2 Å². The second-order valence-electron chi connectivity index (χ2n) is 5.19. The molecule has 2 amide bonds. The van der Waals surface area contributed by atoms with Gasteiger partial charge in [-0.25, -0.2) is 9.18 Å². The molecule has 1 aliphatic heterocycles. The summed E-state index contributed by atoms with van der Waals surface area (Å²) in [6.45, 7) is 5.56. The van der Waals surface area contributed by atoms with E-state index in [0.717, 1.165) is 30.2 Å². The molecule has 1 fully saturated rings. The number of hydrogen-bond acceptors (Lipinski definition) is 3. The highest BCUT2D eigenvalue weighted by atomic mass is 32.2. The van der Waals surface area contributed by atoms with Crippen LogP contribution < -0.4 is 10.1 Å². The second kappa shape index (κ2) is 7.54. The molecule has 0 aliphatic carbocycles. The molecule has 1 aromatic rings. The Bertz CT molecular complexity index is 491. The van der Waals surface area contributed by atoms with Gasteiger partial charge < -0.3 is 15.0 Å². The van der Waals surface area contributed by atoms with Crippen LogP contribution in [0.25, 0.3) is 0 Å². The largest absolute Gasteiger partial charge is 0.488 e. The van der Waals surface area contributed by atoms with Crippen molar-refractivity contribution in [3.8, 4) is 5.75 Å². The van der Waals surface area contributed by atoms with Gasteiger partial charge in [-0.2, -0.15) is 11.8 Å². The second-order valence-corrected chi connectivity index (χ2v) is 6.41. The number of carbonyl (C=O) groups excluding carboxylic acids is 1. The first kappa shape index (κ1) is 15.9. The van der Waals surface area contributed by atoms with Gasteiger partial charge in [-0.3, -0.25) is 0 Å². The average Bonchev–Trinajstić information content (AvgIpc) is 2.48. The Morgan fingerprint density at radius 3 is 2.76 bits per heavy atom. The molecule has 1 saturated heterocycles. The highest BCUT2D eigenvalue weighted by molar-refractivity contribution is 7.99. The summed E-state index contributed by atoms with van der Waals surface area (Å²) in [7, 11) is 0. The van der Waals surface area contributed by atoms with Crippen molar-refractivity contribution in [3.63, 3.8) is 0 Å². The number of amides is 2. The van der Waals surface area contributed by atoms with E-state index in [1.165, 1.54) is 6.07 Å². The number of ether oxygens (including phenoxy) is 1. The summed E-state index contributed by atoms with van der Waals surface area (Å²) in [4.78, 5) is 13.8. The quantitative estimate of drug-likeness (QED) is 0.929. The minimum Gasteiger partial charge on any atom is -0.488 e. The van der Waals surface area contributed by atoms with Crippen LogP contribution in [-0.4, -0.2) is 41.6 Å². The van der Waals surface area contributed by atoms with Gasteiger partial charge in [0.1, 0.15) is 0 Å². The lowest BCUT2D eigenvalue weighted by atomic mass is 10.2. The van der Waals surface area contributed by atoms with Crippen LogP contribution in [0.1, 0.15) is 19.4 Å². The van der Waals surface area contributed by atoms with Crippen LogP contribution in [0.2, 0.25) is 0 Å². The minimum atomic E-state index is -0.398. The van der Waals surface area contributed by atoms with Crippen molar-refractivity contribution in [1.29, 1.82) is 0 Å². The number of urea groups is 1.